The van der Waals surface area contributed by atoms with Gasteiger partial charge in [-0.3, -0.25) is 4.90 Å². The maximum atomic E-state index is 14.6. The Kier molecular flexibility index (Phi) is 5.37. The molecule has 1 aromatic rings. The van der Waals surface area contributed by atoms with Crippen LogP contribution in [0.25, 0.3) is 0 Å². The second-order valence-corrected chi connectivity index (χ2v) is 7.27. The molecule has 1 saturated heterocycles. The third-order valence-corrected chi connectivity index (χ3v) is 5.69. The van der Waals surface area contributed by atoms with E-state index in [0.29, 0.717) is 16.0 Å². The highest BCUT2D eigenvalue weighted by atomic mass is 79.9. The molecule has 22 heavy (non-hydrogen) atoms. The van der Waals surface area contributed by atoms with Crippen LogP contribution in [-0.4, -0.2) is 36.2 Å². The molecule has 2 aliphatic rings. The topological polar surface area (TPSA) is 35.5 Å². The van der Waals surface area contributed by atoms with E-state index < -0.39 is 0 Å². The predicted octanol–water partition coefficient (Wildman–Crippen LogP) is 3.82. The summed E-state index contributed by atoms with van der Waals surface area (Å²) in [5.41, 5.74) is 0.489. The third-order valence-electron chi connectivity index (χ3n) is 5.05. The summed E-state index contributed by atoms with van der Waals surface area (Å²) in [5.74, 6) is 0.227. The van der Waals surface area contributed by atoms with Crippen LogP contribution in [0.2, 0.25) is 0 Å². The summed E-state index contributed by atoms with van der Waals surface area (Å²) in [5, 5.41) is 13.8. The first kappa shape index (κ1) is 16.2. The number of phenolic OH excluding ortho intramolecular Hbond substituents is 1. The van der Waals surface area contributed by atoms with E-state index >= 15 is 0 Å². The fourth-order valence-corrected chi connectivity index (χ4v) is 4.31. The maximum Gasteiger partial charge on any atom is 0.137 e. The van der Waals surface area contributed by atoms with Gasteiger partial charge in [-0.2, -0.15) is 0 Å². The van der Waals surface area contributed by atoms with E-state index in [0.717, 1.165) is 39.0 Å². The highest BCUT2D eigenvalue weighted by Crippen LogP contribution is 2.44. The molecular formula is C17H24BrFN2O. The Morgan fingerprint density at radius 3 is 2.55 bits per heavy atom. The van der Waals surface area contributed by atoms with Gasteiger partial charge in [0.15, 0.2) is 0 Å². The zero-order chi connectivity index (χ0) is 15.5. The molecule has 3 nitrogen and oxygen atoms in total. The number of hydrogen-bond donors (Lipinski definition) is 2. The number of hydrogen-bond acceptors (Lipinski definition) is 3. The maximum absolute atomic E-state index is 14.6. The van der Waals surface area contributed by atoms with E-state index in [1.807, 2.05) is 0 Å². The van der Waals surface area contributed by atoms with E-state index in [1.54, 1.807) is 6.07 Å². The number of halogens is 2. The van der Waals surface area contributed by atoms with E-state index in [9.17, 15) is 9.50 Å². The average molecular weight is 371 g/mol. The first-order valence-corrected chi connectivity index (χ1v) is 9.09. The van der Waals surface area contributed by atoms with Gasteiger partial charge < -0.3 is 10.4 Å². The van der Waals surface area contributed by atoms with Crippen LogP contribution in [0.3, 0.4) is 0 Å². The number of phenols is 1. The first-order chi connectivity index (χ1) is 10.7. The lowest BCUT2D eigenvalue weighted by atomic mass is 9.79. The summed E-state index contributed by atoms with van der Waals surface area (Å²) < 4.78 is 15.2. The van der Waals surface area contributed by atoms with Gasteiger partial charge >= 0.3 is 0 Å². The van der Waals surface area contributed by atoms with Crippen LogP contribution in [0.15, 0.2) is 16.6 Å². The molecule has 122 valence electrons. The van der Waals surface area contributed by atoms with Crippen molar-refractivity contribution in [3.05, 3.63) is 28.0 Å². The molecule has 0 aromatic heterocycles. The molecule has 1 atom stereocenters. The van der Waals surface area contributed by atoms with Crippen molar-refractivity contribution < 1.29 is 9.50 Å². The third kappa shape index (κ3) is 3.31. The van der Waals surface area contributed by atoms with Crippen LogP contribution in [0, 0.1) is 11.7 Å². The molecule has 0 bridgehead atoms. The smallest absolute Gasteiger partial charge is 0.137 e. The molecule has 1 aromatic carbocycles. The van der Waals surface area contributed by atoms with Crippen molar-refractivity contribution in [1.29, 1.82) is 0 Å². The molecule has 5 heteroatoms. The van der Waals surface area contributed by atoms with Gasteiger partial charge in [0, 0.05) is 37.8 Å². The highest BCUT2D eigenvalue weighted by molar-refractivity contribution is 9.10. The lowest BCUT2D eigenvalue weighted by Crippen LogP contribution is -2.47. The minimum atomic E-state index is -0.283. The largest absolute Gasteiger partial charge is 0.506 e. The minimum absolute atomic E-state index is 0.0140. The second-order valence-electron chi connectivity index (χ2n) is 6.42. The van der Waals surface area contributed by atoms with Crippen molar-refractivity contribution >= 4 is 15.9 Å². The lowest BCUT2D eigenvalue weighted by Gasteiger charge is -2.41. The predicted molar refractivity (Wildman–Crippen MR) is 89.5 cm³/mol. The lowest BCUT2D eigenvalue weighted by molar-refractivity contribution is 0.0983. The van der Waals surface area contributed by atoms with Crippen LogP contribution < -0.4 is 5.32 Å². The standard InChI is InChI=1S/C17H24BrFN2O/c18-13-6-7-14(19)15(17(13)22)16(12-4-2-1-3-5-12)21-10-8-20-9-11-21/h6-7,12,16,20,22H,1-5,8-11H2/t16-/m0/s1. The Bertz CT molecular complexity index is 496. The summed E-state index contributed by atoms with van der Waals surface area (Å²) in [6, 6.07) is 3.04. The van der Waals surface area contributed by atoms with Crippen molar-refractivity contribution in [2.75, 3.05) is 26.2 Å². The van der Waals surface area contributed by atoms with Gasteiger partial charge in [-0.15, -0.1) is 0 Å². The summed E-state index contributed by atoms with van der Waals surface area (Å²) in [4.78, 5) is 2.36. The molecule has 0 unspecified atom stereocenters. The number of aromatic hydroxyl groups is 1. The van der Waals surface area contributed by atoms with E-state index in [4.69, 9.17) is 0 Å². The van der Waals surface area contributed by atoms with Crippen molar-refractivity contribution in [2.24, 2.45) is 5.92 Å². The minimum Gasteiger partial charge on any atom is -0.506 e. The Balaban J connectivity index is 1.98. The van der Waals surface area contributed by atoms with E-state index in [-0.39, 0.29) is 17.6 Å². The summed E-state index contributed by atoms with van der Waals surface area (Å²) in [6.45, 7) is 3.68. The summed E-state index contributed by atoms with van der Waals surface area (Å²) in [6.07, 6.45) is 5.95. The molecule has 0 radical (unpaired) electrons. The molecule has 2 fully saturated rings. The van der Waals surface area contributed by atoms with Crippen molar-refractivity contribution in [3.63, 3.8) is 0 Å². The van der Waals surface area contributed by atoms with E-state index in [2.05, 4.69) is 26.1 Å². The number of benzene rings is 1. The highest BCUT2D eigenvalue weighted by Gasteiger charge is 2.34. The monoisotopic (exact) mass is 370 g/mol. The summed E-state index contributed by atoms with van der Waals surface area (Å²) in [7, 11) is 0. The fraction of sp³-hybridized carbons (Fsp3) is 0.647. The van der Waals surface area contributed by atoms with Gasteiger partial charge in [0.1, 0.15) is 11.6 Å². The molecule has 1 aliphatic carbocycles. The molecule has 2 N–H and O–H groups in total. The fourth-order valence-electron chi connectivity index (χ4n) is 3.96. The van der Waals surface area contributed by atoms with Gasteiger partial charge in [0.05, 0.1) is 4.47 Å². The number of nitrogens with one attached hydrogen (secondary N) is 1. The first-order valence-electron chi connectivity index (χ1n) is 8.30. The number of nitrogens with zero attached hydrogens (tertiary/aromatic N) is 1. The van der Waals surface area contributed by atoms with Crippen LogP contribution in [-0.2, 0) is 0 Å². The van der Waals surface area contributed by atoms with E-state index in [1.165, 1.54) is 25.3 Å². The number of piperazine rings is 1. The molecule has 1 aliphatic heterocycles. The van der Waals surface area contributed by atoms with Gasteiger partial charge in [-0.25, -0.2) is 4.39 Å². The molecule has 1 heterocycles. The van der Waals surface area contributed by atoms with Gasteiger partial charge in [0.25, 0.3) is 0 Å². The van der Waals surface area contributed by atoms with Crippen molar-refractivity contribution in [3.8, 4) is 5.75 Å². The Morgan fingerprint density at radius 1 is 1.18 bits per heavy atom. The van der Waals surface area contributed by atoms with Gasteiger partial charge in [-0.05, 0) is 46.8 Å². The van der Waals surface area contributed by atoms with Crippen molar-refractivity contribution in [2.45, 2.75) is 38.1 Å². The summed E-state index contributed by atoms with van der Waals surface area (Å²) >= 11 is 3.35. The molecular weight excluding hydrogens is 347 g/mol. The zero-order valence-electron chi connectivity index (χ0n) is 12.8. The van der Waals surface area contributed by atoms with Crippen molar-refractivity contribution in [1.82, 2.24) is 10.2 Å². The Hall–Kier alpha value is -0.650. The normalized spacial score (nSPS) is 22.6. The molecule has 3 rings (SSSR count). The van der Waals surface area contributed by atoms with Gasteiger partial charge in [-0.1, -0.05) is 19.3 Å². The molecule has 1 saturated carbocycles. The van der Waals surface area contributed by atoms with Crippen LogP contribution >= 0.6 is 15.9 Å². The van der Waals surface area contributed by atoms with Crippen LogP contribution in [0.1, 0.15) is 43.7 Å². The molecule has 0 amide bonds. The van der Waals surface area contributed by atoms with Crippen LogP contribution in [0.4, 0.5) is 4.39 Å². The SMILES string of the molecule is Oc1c(Br)ccc(F)c1[C@H](C1CCCCC1)N1CCNCC1. The average Bonchev–Trinajstić information content (AvgIpc) is 2.57. The zero-order valence-corrected chi connectivity index (χ0v) is 14.4. The van der Waals surface area contributed by atoms with Crippen LogP contribution in [0.5, 0.6) is 5.75 Å². The molecule has 0 spiro atoms. The quantitative estimate of drug-likeness (QED) is 0.848. The van der Waals surface area contributed by atoms with Gasteiger partial charge in [0.2, 0.25) is 0 Å². The second kappa shape index (κ2) is 7.28. The Labute approximate surface area is 140 Å². The number of rotatable bonds is 3. The Morgan fingerprint density at radius 2 is 1.86 bits per heavy atom.